The van der Waals surface area contributed by atoms with Gasteiger partial charge in [-0.3, -0.25) is 0 Å². The van der Waals surface area contributed by atoms with Gasteiger partial charge in [-0.2, -0.15) is 0 Å². The summed E-state index contributed by atoms with van der Waals surface area (Å²) in [5.41, 5.74) is 4.63. The largest absolute Gasteiger partial charge is 0.464 e. The summed E-state index contributed by atoms with van der Waals surface area (Å²) in [6, 6.07) is 4.00. The number of benzene rings is 1. The highest BCUT2D eigenvalue weighted by molar-refractivity contribution is 6.07. The van der Waals surface area contributed by atoms with Crippen LogP contribution in [0.25, 0.3) is 21.9 Å². The van der Waals surface area contributed by atoms with Crippen LogP contribution in [0.1, 0.15) is 17.5 Å². The summed E-state index contributed by atoms with van der Waals surface area (Å²) in [5.74, 6) is 0. The highest BCUT2D eigenvalue weighted by Crippen LogP contribution is 2.36. The molecular weight excluding hydrogens is 188 g/mol. The molecule has 3 aromatic rings. The minimum absolute atomic E-state index is 0.988. The van der Waals surface area contributed by atoms with Crippen molar-refractivity contribution in [3.8, 4) is 0 Å². The molecule has 0 bridgehead atoms. The molecule has 2 nitrogen and oxygen atoms in total. The van der Waals surface area contributed by atoms with Crippen molar-refractivity contribution < 1.29 is 8.83 Å². The fraction of sp³-hybridized carbons (Fsp3) is 0.231. The standard InChI is InChI=1S/C13H10O2/c1-2-8-6-14-10-4-5-11-13(12(8)10)9(3-1)7-15-11/h4-7H,1-3H2. The quantitative estimate of drug-likeness (QED) is 0.551. The maximum atomic E-state index is 5.56. The maximum Gasteiger partial charge on any atom is 0.135 e. The second-order valence-electron chi connectivity index (χ2n) is 4.19. The zero-order valence-electron chi connectivity index (χ0n) is 8.25. The van der Waals surface area contributed by atoms with Crippen molar-refractivity contribution in [1.82, 2.24) is 0 Å². The molecule has 15 heavy (non-hydrogen) atoms. The molecule has 0 atom stereocenters. The fourth-order valence-corrected chi connectivity index (χ4v) is 2.62. The Kier molecular flexibility index (Phi) is 1.24. The zero-order valence-corrected chi connectivity index (χ0v) is 8.25. The van der Waals surface area contributed by atoms with Crippen LogP contribution in [0, 0.1) is 0 Å². The van der Waals surface area contributed by atoms with Crippen LogP contribution in [0.4, 0.5) is 0 Å². The number of hydrogen-bond donors (Lipinski definition) is 0. The lowest BCUT2D eigenvalue weighted by Gasteiger charge is -1.93. The molecule has 0 fully saturated rings. The van der Waals surface area contributed by atoms with Crippen LogP contribution in [0.15, 0.2) is 33.5 Å². The molecule has 0 N–H and O–H groups in total. The Morgan fingerprint density at radius 2 is 1.33 bits per heavy atom. The lowest BCUT2D eigenvalue weighted by Crippen LogP contribution is -1.82. The third kappa shape index (κ3) is 0.845. The molecule has 0 aliphatic heterocycles. The molecule has 1 aliphatic rings. The van der Waals surface area contributed by atoms with Gasteiger partial charge in [-0.15, -0.1) is 0 Å². The first-order chi connectivity index (χ1) is 7.43. The number of furan rings is 2. The minimum atomic E-state index is 0.988. The molecule has 0 spiro atoms. The van der Waals surface area contributed by atoms with Gasteiger partial charge in [-0.1, -0.05) is 0 Å². The van der Waals surface area contributed by atoms with Gasteiger partial charge in [0.15, 0.2) is 0 Å². The van der Waals surface area contributed by atoms with Gasteiger partial charge in [0.1, 0.15) is 11.2 Å². The molecule has 2 heteroatoms. The molecule has 2 heterocycles. The van der Waals surface area contributed by atoms with Crippen molar-refractivity contribution in [3.63, 3.8) is 0 Å². The van der Waals surface area contributed by atoms with Gasteiger partial charge in [-0.25, -0.2) is 0 Å². The summed E-state index contributed by atoms with van der Waals surface area (Å²) in [5, 5.41) is 2.54. The van der Waals surface area contributed by atoms with Crippen molar-refractivity contribution in [2.45, 2.75) is 19.3 Å². The molecule has 2 aromatic heterocycles. The number of rotatable bonds is 0. The Balaban J connectivity index is 2.37. The maximum absolute atomic E-state index is 5.56. The van der Waals surface area contributed by atoms with Gasteiger partial charge in [-0.05, 0) is 42.5 Å². The second-order valence-corrected chi connectivity index (χ2v) is 4.19. The van der Waals surface area contributed by atoms with Crippen molar-refractivity contribution in [2.75, 3.05) is 0 Å². The smallest absolute Gasteiger partial charge is 0.135 e. The van der Waals surface area contributed by atoms with E-state index >= 15 is 0 Å². The van der Waals surface area contributed by atoms with Gasteiger partial charge in [0.05, 0.1) is 12.5 Å². The van der Waals surface area contributed by atoms with E-state index in [1.807, 2.05) is 24.7 Å². The summed E-state index contributed by atoms with van der Waals surface area (Å²) in [4.78, 5) is 0. The Morgan fingerprint density at radius 3 is 1.87 bits per heavy atom. The topological polar surface area (TPSA) is 26.3 Å². The van der Waals surface area contributed by atoms with E-state index in [0.717, 1.165) is 24.0 Å². The van der Waals surface area contributed by atoms with E-state index in [-0.39, 0.29) is 0 Å². The van der Waals surface area contributed by atoms with Crippen LogP contribution in [0.2, 0.25) is 0 Å². The van der Waals surface area contributed by atoms with Gasteiger partial charge in [0, 0.05) is 10.8 Å². The number of aryl methyl sites for hydroxylation is 2. The molecule has 1 aliphatic carbocycles. The molecule has 0 saturated carbocycles. The molecular formula is C13H10O2. The van der Waals surface area contributed by atoms with E-state index in [4.69, 9.17) is 8.83 Å². The van der Waals surface area contributed by atoms with E-state index < -0.39 is 0 Å². The van der Waals surface area contributed by atoms with Gasteiger partial charge < -0.3 is 8.83 Å². The normalized spacial score (nSPS) is 15.2. The van der Waals surface area contributed by atoms with Gasteiger partial charge in [0.25, 0.3) is 0 Å². The predicted molar refractivity (Wildman–Crippen MR) is 58.0 cm³/mol. The van der Waals surface area contributed by atoms with E-state index in [1.54, 1.807) is 0 Å². The summed E-state index contributed by atoms with van der Waals surface area (Å²) in [6.45, 7) is 0. The zero-order chi connectivity index (χ0) is 9.83. The summed E-state index contributed by atoms with van der Waals surface area (Å²) in [6.07, 6.45) is 7.19. The van der Waals surface area contributed by atoms with Crippen molar-refractivity contribution in [2.24, 2.45) is 0 Å². The first-order valence-electron chi connectivity index (χ1n) is 5.32. The van der Waals surface area contributed by atoms with Gasteiger partial charge in [0.2, 0.25) is 0 Å². The van der Waals surface area contributed by atoms with Crippen molar-refractivity contribution in [3.05, 3.63) is 35.8 Å². The molecule has 0 saturated heterocycles. The molecule has 0 amide bonds. The average molecular weight is 198 g/mol. The third-order valence-electron chi connectivity index (χ3n) is 3.32. The Hall–Kier alpha value is -1.70. The van der Waals surface area contributed by atoms with Crippen molar-refractivity contribution in [1.29, 1.82) is 0 Å². The molecule has 74 valence electrons. The molecule has 0 unspecified atom stereocenters. The van der Waals surface area contributed by atoms with E-state index in [2.05, 4.69) is 0 Å². The predicted octanol–water partition coefficient (Wildman–Crippen LogP) is 3.67. The van der Waals surface area contributed by atoms with Crippen LogP contribution >= 0.6 is 0 Å². The summed E-state index contributed by atoms with van der Waals surface area (Å²) in [7, 11) is 0. The first kappa shape index (κ1) is 7.57. The number of hydrogen-bond acceptors (Lipinski definition) is 2. The second kappa shape index (κ2) is 2.45. The Morgan fingerprint density at radius 1 is 0.800 bits per heavy atom. The highest BCUT2D eigenvalue weighted by Gasteiger charge is 2.18. The van der Waals surface area contributed by atoms with Crippen LogP contribution in [-0.2, 0) is 12.8 Å². The van der Waals surface area contributed by atoms with Crippen LogP contribution in [-0.4, -0.2) is 0 Å². The molecule has 4 rings (SSSR count). The monoisotopic (exact) mass is 198 g/mol. The van der Waals surface area contributed by atoms with Crippen LogP contribution in [0.5, 0.6) is 0 Å². The van der Waals surface area contributed by atoms with Crippen LogP contribution < -0.4 is 0 Å². The third-order valence-corrected chi connectivity index (χ3v) is 3.32. The van der Waals surface area contributed by atoms with Gasteiger partial charge >= 0.3 is 0 Å². The fourth-order valence-electron chi connectivity index (χ4n) is 2.62. The Labute approximate surface area is 86.5 Å². The van der Waals surface area contributed by atoms with E-state index in [0.29, 0.717) is 0 Å². The summed E-state index contributed by atoms with van der Waals surface area (Å²) >= 11 is 0. The van der Waals surface area contributed by atoms with E-state index in [1.165, 1.54) is 28.3 Å². The lowest BCUT2D eigenvalue weighted by molar-refractivity contribution is 0.608. The Bertz CT molecular complexity index is 600. The lowest BCUT2D eigenvalue weighted by atomic mass is 10.1. The molecule has 1 aromatic carbocycles. The molecule has 0 radical (unpaired) electrons. The average Bonchev–Trinajstić information content (AvgIpc) is 2.78. The SMILES string of the molecule is c1oc2ccc3occ4c3c2c1CCC4. The van der Waals surface area contributed by atoms with Crippen molar-refractivity contribution >= 4 is 21.9 Å². The minimum Gasteiger partial charge on any atom is -0.464 e. The first-order valence-corrected chi connectivity index (χ1v) is 5.32. The summed E-state index contributed by atoms with van der Waals surface area (Å²) < 4.78 is 11.1. The van der Waals surface area contributed by atoms with E-state index in [9.17, 15) is 0 Å². The van der Waals surface area contributed by atoms with Crippen LogP contribution in [0.3, 0.4) is 0 Å². The highest BCUT2D eigenvalue weighted by atomic mass is 16.3.